The largest absolute Gasteiger partial charge is 1.00 e. The van der Waals surface area contributed by atoms with Crippen LogP contribution in [0, 0.1) is 19.3 Å². The van der Waals surface area contributed by atoms with Crippen LogP contribution in [0.1, 0.15) is 53.0 Å². The molecule has 1 N–H and O–H groups in total. The van der Waals surface area contributed by atoms with Gasteiger partial charge < -0.3 is 21.6 Å². The second-order valence-corrected chi connectivity index (χ2v) is 6.88. The number of thioether (sulfide) groups is 1. The molecule has 31 heavy (non-hydrogen) atoms. The average Bonchev–Trinajstić information content (AvgIpc) is 2.73. The molecule has 0 fully saturated rings. The van der Waals surface area contributed by atoms with Gasteiger partial charge in [-0.25, -0.2) is 8.78 Å². The second kappa shape index (κ2) is 22.7. The van der Waals surface area contributed by atoms with Crippen molar-refractivity contribution in [3.8, 4) is 5.75 Å². The van der Waals surface area contributed by atoms with E-state index in [2.05, 4.69) is 20.8 Å². The number of methoxy groups -OCH3 is 1. The van der Waals surface area contributed by atoms with Gasteiger partial charge in [0, 0.05) is 6.07 Å². The summed E-state index contributed by atoms with van der Waals surface area (Å²) in [5, 5.41) is 8.57. The van der Waals surface area contributed by atoms with E-state index in [9.17, 15) is 18.4 Å². The molecular formula is C23H33F2KO4S-2. The first-order valence-corrected chi connectivity index (χ1v) is 10.6. The molecule has 0 bridgehead atoms. The van der Waals surface area contributed by atoms with E-state index in [0.717, 1.165) is 12.1 Å². The molecule has 0 aromatic heterocycles. The van der Waals surface area contributed by atoms with Crippen molar-refractivity contribution in [1.29, 1.82) is 0 Å². The van der Waals surface area contributed by atoms with Crippen LogP contribution in [-0.2, 0) is 9.59 Å². The minimum atomic E-state index is -1.15. The number of aliphatic carboxylic acids is 1. The maximum atomic E-state index is 13.5. The number of rotatable bonds is 7. The Morgan fingerprint density at radius 2 is 1.87 bits per heavy atom. The Balaban J connectivity index is -0.000000207. The first kappa shape index (κ1) is 37.8. The van der Waals surface area contributed by atoms with Crippen molar-refractivity contribution in [3.05, 3.63) is 55.0 Å². The van der Waals surface area contributed by atoms with Crippen molar-refractivity contribution in [2.45, 2.75) is 52.2 Å². The fourth-order valence-corrected chi connectivity index (χ4v) is 1.85. The Hall–Kier alpha value is -0.514. The number of carbonyl (C=O) groups excluding carboxylic acids is 1. The maximum Gasteiger partial charge on any atom is 1.00 e. The Labute approximate surface area is 233 Å². The standard InChI is InChI=1S/C12H8F2O2.C6H11O2S.C3H8.C2H6.K/c1-8(13)10(5-6-15)11-4-3-9(16-2)7-12(11)14;1-4-6(2,9-3)5(7)8;1-3-2;1-2;/h1,3-5,7H,2H3;1,4H2,2-3H3,(H,7,8);3H2,1-2H3;1-2H3;/q-2;-1;;;+1/b10-5+;;;;. The van der Waals surface area contributed by atoms with Gasteiger partial charge in [0.15, 0.2) is 0 Å². The van der Waals surface area contributed by atoms with Crippen LogP contribution in [0.2, 0.25) is 0 Å². The van der Waals surface area contributed by atoms with Gasteiger partial charge in [-0.1, -0.05) is 45.7 Å². The fourth-order valence-electron chi connectivity index (χ4n) is 1.47. The number of carboxylic acids is 1. The summed E-state index contributed by atoms with van der Waals surface area (Å²) in [6.45, 7) is 18.4. The van der Waals surface area contributed by atoms with Gasteiger partial charge in [-0.2, -0.15) is 12.5 Å². The molecule has 172 valence electrons. The molecule has 0 aliphatic heterocycles. The molecule has 4 nitrogen and oxygen atoms in total. The number of halogens is 2. The molecule has 1 aromatic carbocycles. The quantitative estimate of drug-likeness (QED) is 0.279. The zero-order valence-electron chi connectivity index (χ0n) is 19.8. The third kappa shape index (κ3) is 15.9. The first-order valence-electron chi connectivity index (χ1n) is 9.36. The van der Waals surface area contributed by atoms with E-state index in [0.29, 0.717) is 6.42 Å². The molecule has 0 spiro atoms. The van der Waals surface area contributed by atoms with E-state index in [4.69, 9.17) is 16.4 Å². The second-order valence-electron chi connectivity index (χ2n) is 5.57. The number of allylic oxidation sites excluding steroid dienone is 3. The van der Waals surface area contributed by atoms with Crippen LogP contribution in [0.4, 0.5) is 8.78 Å². The van der Waals surface area contributed by atoms with Gasteiger partial charge in [0.1, 0.15) is 11.6 Å². The van der Waals surface area contributed by atoms with Crippen LogP contribution in [0.5, 0.6) is 5.75 Å². The van der Waals surface area contributed by atoms with Crippen molar-refractivity contribution >= 4 is 29.6 Å². The fraction of sp³-hybridized carbons (Fsp3) is 0.435. The number of ether oxygens (including phenoxy) is 1. The SMILES string of the molecule is CC.CCC.[CH-]=C(F)/C(=C\[C-]=O)c1ccc(OC)cc1F.[CH2-]CC(C)(SC)C(=O)O.[K+]. The van der Waals surface area contributed by atoms with Gasteiger partial charge >= 0.3 is 57.4 Å². The molecule has 1 unspecified atom stereocenters. The number of carbonyl (C=O) groups is 1. The molecule has 0 saturated heterocycles. The number of hydrogen-bond acceptors (Lipinski definition) is 4. The smallest absolute Gasteiger partial charge is 0.497 e. The zero-order chi connectivity index (χ0) is 24.3. The van der Waals surface area contributed by atoms with Gasteiger partial charge in [0.05, 0.1) is 11.9 Å². The molecule has 1 rings (SSSR count). The van der Waals surface area contributed by atoms with E-state index >= 15 is 0 Å². The minimum Gasteiger partial charge on any atom is -0.497 e. The molecule has 0 heterocycles. The summed E-state index contributed by atoms with van der Waals surface area (Å²) in [6, 6.07) is 3.76. The van der Waals surface area contributed by atoms with Crippen LogP contribution in [-0.4, -0.2) is 35.5 Å². The summed E-state index contributed by atoms with van der Waals surface area (Å²) in [4.78, 5) is 20.6. The van der Waals surface area contributed by atoms with Crippen molar-refractivity contribution < 1.29 is 79.6 Å². The maximum absolute atomic E-state index is 13.5. The van der Waals surface area contributed by atoms with Crippen LogP contribution in [0.3, 0.4) is 0 Å². The van der Waals surface area contributed by atoms with Gasteiger partial charge in [-0.3, -0.25) is 11.4 Å². The van der Waals surface area contributed by atoms with E-state index in [1.807, 2.05) is 13.8 Å². The zero-order valence-corrected chi connectivity index (χ0v) is 23.8. The normalized spacial score (nSPS) is 11.4. The molecule has 1 aromatic rings. The molecule has 0 aliphatic rings. The van der Waals surface area contributed by atoms with Crippen LogP contribution >= 0.6 is 11.8 Å². The van der Waals surface area contributed by atoms with Crippen molar-refractivity contribution in [2.24, 2.45) is 0 Å². The van der Waals surface area contributed by atoms with Gasteiger partial charge in [-0.05, 0) is 31.4 Å². The third-order valence-corrected chi connectivity index (χ3v) is 4.59. The van der Waals surface area contributed by atoms with E-state index in [1.54, 1.807) is 13.2 Å². The predicted molar refractivity (Wildman–Crippen MR) is 122 cm³/mol. The Morgan fingerprint density at radius 3 is 2.10 bits per heavy atom. The summed E-state index contributed by atoms with van der Waals surface area (Å²) in [7, 11) is 1.38. The van der Waals surface area contributed by atoms with E-state index in [1.165, 1.54) is 43.7 Å². The third-order valence-electron chi connectivity index (χ3n) is 3.31. The summed E-state index contributed by atoms with van der Waals surface area (Å²) < 4.78 is 30.4. The van der Waals surface area contributed by atoms with E-state index in [-0.39, 0.29) is 68.3 Å². The molecule has 0 radical (unpaired) electrons. The van der Waals surface area contributed by atoms with Crippen LogP contribution in [0.25, 0.3) is 5.57 Å². The number of carboxylic acid groups (broad SMARTS) is 1. The molecule has 8 heteroatoms. The Morgan fingerprint density at radius 1 is 1.39 bits per heavy atom. The van der Waals surface area contributed by atoms with Crippen LogP contribution < -0.4 is 56.1 Å². The summed E-state index contributed by atoms with van der Waals surface area (Å²) in [5.74, 6) is -2.38. The average molecular weight is 483 g/mol. The molecule has 0 amide bonds. The monoisotopic (exact) mass is 482 g/mol. The minimum absolute atomic E-state index is 0. The van der Waals surface area contributed by atoms with Crippen molar-refractivity contribution in [3.63, 3.8) is 0 Å². The van der Waals surface area contributed by atoms with Crippen molar-refractivity contribution in [1.82, 2.24) is 0 Å². The van der Waals surface area contributed by atoms with Gasteiger partial charge in [0.2, 0.25) is 0 Å². The topological polar surface area (TPSA) is 63.6 Å². The van der Waals surface area contributed by atoms with Gasteiger partial charge in [-0.15, -0.1) is 17.3 Å². The predicted octanol–water partition coefficient (Wildman–Crippen LogP) is 3.48. The Bertz CT molecular complexity index is 676. The Kier molecular flexibility index (Phi) is 27.6. The molecular weight excluding hydrogens is 449 g/mol. The molecule has 0 aliphatic carbocycles. The molecule has 0 saturated carbocycles. The number of benzene rings is 1. The summed E-state index contributed by atoms with van der Waals surface area (Å²) in [5.41, 5.74) is -0.459. The summed E-state index contributed by atoms with van der Waals surface area (Å²) in [6.07, 6.45) is 5.54. The molecule has 1 atom stereocenters. The first-order chi connectivity index (χ1) is 14.1. The number of hydrogen-bond donors (Lipinski definition) is 1. The summed E-state index contributed by atoms with van der Waals surface area (Å²) >= 11 is 1.32. The van der Waals surface area contributed by atoms with Gasteiger partial charge in [0.25, 0.3) is 0 Å². The van der Waals surface area contributed by atoms with Crippen molar-refractivity contribution in [2.75, 3.05) is 13.4 Å². The van der Waals surface area contributed by atoms with E-state index < -0.39 is 22.4 Å². The van der Waals surface area contributed by atoms with Crippen LogP contribution in [0.15, 0.2) is 30.1 Å².